The number of halogens is 4. The number of hydrogen-bond donors (Lipinski definition) is 0. The molecule has 1 aliphatic carbocycles. The molecule has 1 fully saturated rings. The van der Waals surface area contributed by atoms with E-state index in [0.717, 1.165) is 53.3 Å². The fraction of sp³-hybridized carbons (Fsp3) is 0.265. The molecule has 4 aromatic rings. The van der Waals surface area contributed by atoms with E-state index in [9.17, 15) is 13.6 Å². The van der Waals surface area contributed by atoms with Gasteiger partial charge in [-0.2, -0.15) is 0 Å². The molecule has 0 bridgehead atoms. The van der Waals surface area contributed by atoms with Gasteiger partial charge in [0.2, 0.25) is 0 Å². The second-order valence-corrected chi connectivity index (χ2v) is 13.9. The summed E-state index contributed by atoms with van der Waals surface area (Å²) in [5, 5.41) is 4.28. The summed E-state index contributed by atoms with van der Waals surface area (Å²) in [4.78, 5) is 12.4. The van der Waals surface area contributed by atoms with Crippen molar-refractivity contribution >= 4 is 67.6 Å². The molecule has 1 aliphatic rings. The van der Waals surface area contributed by atoms with Crippen LogP contribution in [0.3, 0.4) is 0 Å². The standard InChI is InChI=1S/C34H32Cl2F2O4P2/c1-2-40-30(39)20-41-33-26(35)16-18-28(43-24-12-8-21(37)9-13-24)31(33)32-29(44-25-14-10-22(38)11-15-25)19-17-27(36)34(32)42-23-6-4-3-5-7-23/h8-19,23,43-44H,2-7,20H2,1H3. The molecule has 0 aliphatic heterocycles. The van der Waals surface area contributed by atoms with Crippen molar-refractivity contribution in [3.63, 3.8) is 0 Å². The summed E-state index contributed by atoms with van der Waals surface area (Å²) in [7, 11) is 0.200. The van der Waals surface area contributed by atoms with Crippen molar-refractivity contribution in [2.24, 2.45) is 0 Å². The number of carbonyl (C=O) groups is 1. The first-order valence-electron chi connectivity index (χ1n) is 14.5. The molecule has 0 radical (unpaired) electrons. The van der Waals surface area contributed by atoms with Crippen LogP contribution in [0, 0.1) is 11.6 Å². The molecule has 0 heterocycles. The second-order valence-electron chi connectivity index (χ2n) is 10.3. The minimum atomic E-state index is -0.529. The normalized spacial score (nSPS) is 14.0. The van der Waals surface area contributed by atoms with Crippen LogP contribution in [0.2, 0.25) is 10.0 Å². The lowest BCUT2D eigenvalue weighted by molar-refractivity contribution is -0.145. The fourth-order valence-corrected chi connectivity index (χ4v) is 7.90. The maximum atomic E-state index is 13.8. The Morgan fingerprint density at radius 2 is 1.25 bits per heavy atom. The van der Waals surface area contributed by atoms with Crippen LogP contribution in [-0.4, -0.2) is 25.3 Å². The van der Waals surface area contributed by atoms with Crippen LogP contribution in [0.5, 0.6) is 11.5 Å². The van der Waals surface area contributed by atoms with Gasteiger partial charge in [-0.05, 0) is 90.2 Å². The highest BCUT2D eigenvalue weighted by atomic mass is 35.5. The van der Waals surface area contributed by atoms with Gasteiger partial charge in [0, 0.05) is 11.1 Å². The number of benzene rings is 4. The van der Waals surface area contributed by atoms with Gasteiger partial charge in [-0.15, -0.1) is 0 Å². The van der Waals surface area contributed by atoms with Gasteiger partial charge in [-0.25, -0.2) is 13.6 Å². The van der Waals surface area contributed by atoms with Gasteiger partial charge in [-0.3, -0.25) is 0 Å². The van der Waals surface area contributed by atoms with E-state index in [-0.39, 0.29) is 48.1 Å². The summed E-state index contributed by atoms with van der Waals surface area (Å²) in [5.41, 5.74) is 1.35. The molecule has 230 valence electrons. The molecule has 10 heteroatoms. The smallest absolute Gasteiger partial charge is 0.344 e. The Labute approximate surface area is 270 Å². The van der Waals surface area contributed by atoms with Gasteiger partial charge in [0.25, 0.3) is 0 Å². The second kappa shape index (κ2) is 15.5. The Morgan fingerprint density at radius 3 is 1.77 bits per heavy atom. The first kappa shape index (κ1) is 32.6. The summed E-state index contributed by atoms with van der Waals surface area (Å²) in [6, 6.07) is 20.1. The molecular weight excluding hydrogens is 643 g/mol. The van der Waals surface area contributed by atoms with Crippen LogP contribution < -0.4 is 30.7 Å². The number of ether oxygens (including phenoxy) is 3. The highest BCUT2D eigenvalue weighted by Gasteiger charge is 2.27. The van der Waals surface area contributed by atoms with Crippen LogP contribution in [-0.2, 0) is 9.53 Å². The van der Waals surface area contributed by atoms with E-state index < -0.39 is 5.97 Å². The fourth-order valence-electron chi connectivity index (χ4n) is 5.14. The van der Waals surface area contributed by atoms with Crippen molar-refractivity contribution < 1.29 is 27.8 Å². The maximum absolute atomic E-state index is 13.8. The van der Waals surface area contributed by atoms with E-state index in [4.69, 9.17) is 37.4 Å². The predicted molar refractivity (Wildman–Crippen MR) is 179 cm³/mol. The molecule has 0 saturated heterocycles. The summed E-state index contributed by atoms with van der Waals surface area (Å²) in [5.74, 6) is -0.358. The van der Waals surface area contributed by atoms with Gasteiger partial charge >= 0.3 is 5.97 Å². The van der Waals surface area contributed by atoms with E-state index in [1.807, 2.05) is 18.2 Å². The molecule has 4 aromatic carbocycles. The Hall–Kier alpha value is -2.75. The SMILES string of the molecule is CCOC(=O)COc1c(Cl)ccc(Pc2ccc(F)cc2)c1-c1c(Pc2ccc(F)cc2)ccc(Cl)c1OC1CCCCC1. The number of rotatable bonds is 11. The predicted octanol–water partition coefficient (Wildman–Crippen LogP) is 7.85. The minimum absolute atomic E-state index is 0.0181. The molecule has 1 saturated carbocycles. The van der Waals surface area contributed by atoms with Crippen LogP contribution in [0.1, 0.15) is 39.0 Å². The molecule has 4 nitrogen and oxygen atoms in total. The molecule has 2 unspecified atom stereocenters. The molecule has 5 rings (SSSR count). The van der Waals surface area contributed by atoms with Crippen molar-refractivity contribution in [3.8, 4) is 22.6 Å². The van der Waals surface area contributed by atoms with Crippen molar-refractivity contribution in [2.75, 3.05) is 13.2 Å². The number of esters is 1. The molecule has 2 atom stereocenters. The zero-order valence-corrected chi connectivity index (χ0v) is 27.6. The lowest BCUT2D eigenvalue weighted by Gasteiger charge is -2.27. The summed E-state index contributed by atoms with van der Waals surface area (Å²) in [6.45, 7) is 1.59. The van der Waals surface area contributed by atoms with Crippen LogP contribution in [0.15, 0.2) is 72.8 Å². The number of hydrogen-bond acceptors (Lipinski definition) is 4. The average Bonchev–Trinajstić information content (AvgIpc) is 3.02. The largest absolute Gasteiger partial charge is 0.488 e. The first-order valence-corrected chi connectivity index (χ1v) is 17.2. The first-order chi connectivity index (χ1) is 21.3. The van der Waals surface area contributed by atoms with Crippen molar-refractivity contribution in [3.05, 3.63) is 94.5 Å². The van der Waals surface area contributed by atoms with Crippen molar-refractivity contribution in [2.45, 2.75) is 45.1 Å². The summed E-state index contributed by atoms with van der Waals surface area (Å²) in [6.07, 6.45) is 5.09. The van der Waals surface area contributed by atoms with Crippen LogP contribution >= 0.6 is 40.4 Å². The van der Waals surface area contributed by atoms with Crippen LogP contribution in [0.25, 0.3) is 11.1 Å². The van der Waals surface area contributed by atoms with Crippen molar-refractivity contribution in [1.82, 2.24) is 0 Å². The van der Waals surface area contributed by atoms with E-state index in [0.29, 0.717) is 32.7 Å². The summed E-state index contributed by atoms with van der Waals surface area (Å²) >= 11 is 13.7. The number of carbonyl (C=O) groups excluding carboxylic acids is 1. The third-order valence-corrected chi connectivity index (χ3v) is 10.4. The molecular formula is C34H32Cl2F2O4P2. The molecule has 44 heavy (non-hydrogen) atoms. The molecule has 0 aromatic heterocycles. The van der Waals surface area contributed by atoms with E-state index in [2.05, 4.69) is 0 Å². The molecule has 0 spiro atoms. The zero-order chi connectivity index (χ0) is 31.1. The van der Waals surface area contributed by atoms with E-state index in [1.54, 1.807) is 37.3 Å². The van der Waals surface area contributed by atoms with Gasteiger partial charge < -0.3 is 14.2 Å². The van der Waals surface area contributed by atoms with Crippen molar-refractivity contribution in [1.29, 1.82) is 0 Å². The lowest BCUT2D eigenvalue weighted by atomic mass is 9.97. The maximum Gasteiger partial charge on any atom is 0.344 e. The van der Waals surface area contributed by atoms with Gasteiger partial charge in [-0.1, -0.05) is 83.2 Å². The molecule has 0 N–H and O–H groups in total. The quantitative estimate of drug-likeness (QED) is 0.120. The van der Waals surface area contributed by atoms with E-state index >= 15 is 0 Å². The van der Waals surface area contributed by atoms with Crippen LogP contribution in [0.4, 0.5) is 8.78 Å². The third-order valence-electron chi connectivity index (χ3n) is 7.19. The Bertz CT molecular complexity index is 1590. The Balaban J connectivity index is 1.72. The van der Waals surface area contributed by atoms with E-state index in [1.165, 1.54) is 24.3 Å². The van der Waals surface area contributed by atoms with Gasteiger partial charge in [0.1, 0.15) is 23.1 Å². The minimum Gasteiger partial charge on any atom is -0.488 e. The van der Waals surface area contributed by atoms with Gasteiger partial charge in [0.05, 0.1) is 22.8 Å². The topological polar surface area (TPSA) is 44.8 Å². The average molecular weight is 675 g/mol. The lowest BCUT2D eigenvalue weighted by Crippen LogP contribution is -2.23. The zero-order valence-electron chi connectivity index (χ0n) is 24.1. The highest BCUT2D eigenvalue weighted by Crippen LogP contribution is 2.46. The Morgan fingerprint density at radius 1 is 0.750 bits per heavy atom. The Kier molecular flexibility index (Phi) is 11.5. The molecule has 0 amide bonds. The summed E-state index contributed by atoms with van der Waals surface area (Å²) < 4.78 is 45.6. The van der Waals surface area contributed by atoms with Gasteiger partial charge in [0.15, 0.2) is 6.61 Å². The highest BCUT2D eigenvalue weighted by molar-refractivity contribution is 7.56. The third kappa shape index (κ3) is 8.29. The monoisotopic (exact) mass is 674 g/mol.